The molecule has 6 rings (SSSR count). The second kappa shape index (κ2) is 33.3. The van der Waals surface area contributed by atoms with Crippen molar-refractivity contribution in [3.8, 4) is 50.4 Å². The van der Waals surface area contributed by atoms with E-state index in [2.05, 4.69) is 51.2 Å². The first-order chi connectivity index (χ1) is 31.4. The molecule has 6 aromatic heterocycles. The van der Waals surface area contributed by atoms with Gasteiger partial charge in [0, 0.05) is 46.7 Å². The number of aryl methyl sites for hydroxylation is 1. The largest absolute Gasteiger partial charge is 1.00 e. The molecule has 0 aliphatic rings. The first-order valence-electron chi connectivity index (χ1n) is 22.7. The summed E-state index contributed by atoms with van der Waals surface area (Å²) >= 11 is 5.51. The van der Waals surface area contributed by atoms with Gasteiger partial charge in [0.15, 0.2) is 0 Å². The van der Waals surface area contributed by atoms with Crippen molar-refractivity contribution in [2.45, 2.75) is 129 Å². The van der Waals surface area contributed by atoms with Crippen LogP contribution in [0.25, 0.3) is 50.0 Å². The Morgan fingerprint density at radius 3 is 1.58 bits per heavy atom. The summed E-state index contributed by atoms with van der Waals surface area (Å²) in [4.78, 5) is 47.1. The second-order valence-electron chi connectivity index (χ2n) is 15.5. The van der Waals surface area contributed by atoms with Crippen LogP contribution in [0.1, 0.15) is 138 Å². The van der Waals surface area contributed by atoms with Crippen LogP contribution in [0.4, 0.5) is 0 Å². The third-order valence-electron chi connectivity index (χ3n) is 10.6. The zero-order valence-electron chi connectivity index (χ0n) is 37.4. The summed E-state index contributed by atoms with van der Waals surface area (Å²) in [6, 6.07) is 26.0. The van der Waals surface area contributed by atoms with E-state index in [0.717, 1.165) is 28.2 Å². The van der Waals surface area contributed by atoms with Crippen molar-refractivity contribution in [2.75, 3.05) is 0 Å². The molecule has 1 N–H and O–H groups in total. The van der Waals surface area contributed by atoms with Crippen LogP contribution in [0, 0.1) is 0 Å². The molecule has 0 saturated heterocycles. The van der Waals surface area contributed by atoms with Crippen LogP contribution in [0.2, 0.25) is 0 Å². The Bertz CT molecular complexity index is 2240. The predicted octanol–water partition coefficient (Wildman–Crippen LogP) is 14.6. The molecule has 0 bridgehead atoms. The number of thiocarbonyl (C=S) groups is 1. The van der Waals surface area contributed by atoms with Crippen LogP contribution >= 0.6 is 23.6 Å². The van der Waals surface area contributed by atoms with Crippen LogP contribution < -0.4 is 4.74 Å². The van der Waals surface area contributed by atoms with Gasteiger partial charge >= 0.3 is 25.4 Å². The van der Waals surface area contributed by atoms with E-state index in [1.807, 2.05) is 59.9 Å². The molecule has 6 aromatic rings. The molecule has 13 heteroatoms. The Labute approximate surface area is 407 Å². The Morgan fingerprint density at radius 1 is 0.631 bits per heavy atom. The number of carbonyl (C=O) groups excluding carboxylic acids is 1. The van der Waals surface area contributed by atoms with Gasteiger partial charge in [0.05, 0.1) is 39.7 Å². The summed E-state index contributed by atoms with van der Waals surface area (Å²) in [5.74, 6) is -0.790. The number of aromatic nitrogens is 5. The summed E-state index contributed by atoms with van der Waals surface area (Å²) in [6.07, 6.45) is 32.7. The zero-order chi connectivity index (χ0) is 45.5. The number of thiophene rings is 1. The van der Waals surface area contributed by atoms with E-state index in [1.165, 1.54) is 144 Å². The van der Waals surface area contributed by atoms with Gasteiger partial charge in [-0.2, -0.15) is 5.16 Å². The van der Waals surface area contributed by atoms with Crippen molar-refractivity contribution in [3.05, 3.63) is 126 Å². The minimum atomic E-state index is -1.06. The molecular weight excluding hydrogens is 938 g/mol. The quantitative estimate of drug-likeness (QED) is 0.0183. The van der Waals surface area contributed by atoms with Gasteiger partial charge in [0.25, 0.3) is 6.47 Å². The van der Waals surface area contributed by atoms with Gasteiger partial charge < -0.3 is 15.3 Å². The number of pyridine rings is 5. The fraction of sp³-hybridized carbons (Fsp3) is 0.385. The average Bonchev–Trinajstić information content (AvgIpc) is 3.81. The number of hydrogen-bond donors (Lipinski definition) is 1. The molecule has 0 fully saturated rings. The normalized spacial score (nSPS) is 10.3. The zero-order valence-corrected chi connectivity index (χ0v) is 40.8. The fourth-order valence-corrected chi connectivity index (χ4v) is 8.26. The molecule has 0 atom stereocenters. The number of carboxylic acids is 1. The second-order valence-corrected chi connectivity index (χ2v) is 16.9. The summed E-state index contributed by atoms with van der Waals surface area (Å²) < 4.78 is 5.15. The topological polar surface area (TPSA) is 150 Å². The summed E-state index contributed by atoms with van der Waals surface area (Å²) in [5, 5.41) is 17.9. The van der Waals surface area contributed by atoms with E-state index < -0.39 is 5.97 Å². The van der Waals surface area contributed by atoms with Crippen molar-refractivity contribution >= 4 is 41.2 Å². The summed E-state index contributed by atoms with van der Waals surface area (Å²) in [5.41, 5.74) is 4.81. The molecule has 0 saturated carbocycles. The molecule has 0 amide bonds. The van der Waals surface area contributed by atoms with Crippen molar-refractivity contribution in [2.24, 2.45) is 0 Å². The molecule has 0 spiro atoms. The van der Waals surface area contributed by atoms with Gasteiger partial charge in [-0.1, -0.05) is 140 Å². The predicted molar refractivity (Wildman–Crippen MR) is 264 cm³/mol. The van der Waals surface area contributed by atoms with Crippen LogP contribution in [0.3, 0.4) is 0 Å². The Balaban J connectivity index is 0.000000591. The third kappa shape index (κ3) is 21.1. The Morgan fingerprint density at radius 2 is 1.11 bits per heavy atom. The molecule has 0 unspecified atom stereocenters. The van der Waals surface area contributed by atoms with Crippen molar-refractivity contribution in [1.82, 2.24) is 24.9 Å². The van der Waals surface area contributed by atoms with E-state index >= 15 is 0 Å². The first kappa shape index (κ1) is 54.1. The summed E-state index contributed by atoms with van der Waals surface area (Å²) in [7, 11) is 0. The number of unbranched alkanes of at least 4 members (excludes halogenated alkanes) is 17. The molecule has 65 heavy (non-hydrogen) atoms. The number of rotatable bonds is 26. The molecule has 343 valence electrons. The molecule has 0 aromatic carbocycles. The van der Waals surface area contributed by atoms with E-state index in [0.29, 0.717) is 29.2 Å². The monoisotopic (exact) mass is 999 g/mol. The molecule has 0 aliphatic carbocycles. The average molecular weight is 999 g/mol. The van der Waals surface area contributed by atoms with Gasteiger partial charge in [-0.15, -0.1) is 11.3 Å². The molecule has 1 radical (unpaired) electrons. The van der Waals surface area contributed by atoms with Crippen LogP contribution in [0.15, 0.2) is 110 Å². The molecular formula is C52H61N6O4RuS2. The molecule has 10 nitrogen and oxygen atoms in total. The number of carbonyl (C=O) groups is 2. The minimum Gasteiger partial charge on any atom is -0.753 e. The van der Waals surface area contributed by atoms with Crippen molar-refractivity contribution in [3.63, 3.8) is 0 Å². The number of ether oxygens (including phenoxy) is 1. The number of aromatic carboxylic acids is 1. The third-order valence-corrected chi connectivity index (χ3v) is 11.8. The van der Waals surface area contributed by atoms with Gasteiger partial charge in [-0.25, -0.2) is 9.78 Å². The standard InChI is InChI=1S/C41H53N3O4S.C10H8N2.CNS.Ru/c1-2-3-4-5-6-7-8-9-10-11-12-13-14-15-16-17-18-19-20-35-21-22-40(49-35)32-23-25-42-36(27-32)38-29-34(48-31-45)30-39(44-38)37-28-33(41(46)47)24-26-43-37;1-3-7-11-9(5-1)10-6-2-4-8-12-10;2-1-3;/h21-31H,2-20H2,1H3,(H,46,47);1-8H;;/q;;-1;+1. The maximum Gasteiger partial charge on any atom is 1.00 e. The van der Waals surface area contributed by atoms with E-state index in [4.69, 9.17) is 15.1 Å². The van der Waals surface area contributed by atoms with Crippen molar-refractivity contribution < 1.29 is 38.9 Å². The molecule has 6 heterocycles. The van der Waals surface area contributed by atoms with E-state index in [9.17, 15) is 14.7 Å². The smallest absolute Gasteiger partial charge is 0.753 e. The maximum absolute atomic E-state index is 11.5. The van der Waals surface area contributed by atoms with Crippen LogP contribution in [0.5, 0.6) is 5.75 Å². The number of hydrogen-bond acceptors (Lipinski definition) is 10. The molecule has 0 aliphatic heterocycles. The Kier molecular flexibility index (Phi) is 27.8. The SMILES string of the molecule is CCCCCCCCCCCCCCCCCCCCc1ccc(-c2ccnc(-c3cc(OC=O)cc(-c4cc(C(=O)O)ccn4)n3)c2)s1.[N-]=C=S.[Ru+].c1ccc(-c2ccccn2)nc1. The van der Waals surface area contributed by atoms with Gasteiger partial charge in [-0.05, 0) is 79.1 Å². The minimum absolute atomic E-state index is 0. The van der Waals surface area contributed by atoms with Crippen LogP contribution in [-0.4, -0.2) is 47.6 Å². The first-order valence-corrected chi connectivity index (χ1v) is 23.9. The van der Waals surface area contributed by atoms with E-state index in [-0.39, 0.29) is 30.8 Å². The van der Waals surface area contributed by atoms with E-state index in [1.54, 1.807) is 30.7 Å². The summed E-state index contributed by atoms with van der Waals surface area (Å²) in [6.45, 7) is 2.63. The van der Waals surface area contributed by atoms with Gasteiger partial charge in [-0.3, -0.25) is 24.7 Å². The Hall–Kier alpha value is -5.19. The number of carboxylic acid groups (broad SMARTS) is 1. The van der Waals surface area contributed by atoms with Gasteiger partial charge in [0.1, 0.15) is 5.75 Å². The maximum atomic E-state index is 11.5. The fourth-order valence-electron chi connectivity index (χ4n) is 7.22. The van der Waals surface area contributed by atoms with Crippen molar-refractivity contribution in [1.29, 1.82) is 0 Å². The van der Waals surface area contributed by atoms with Gasteiger partial charge in [0.2, 0.25) is 0 Å². The van der Waals surface area contributed by atoms with Crippen LogP contribution in [-0.2, 0) is 30.7 Å². The number of nitrogens with zero attached hydrogens (tertiary/aromatic N) is 6. The number of isothiocyanates is 1.